The van der Waals surface area contributed by atoms with Gasteiger partial charge in [0.25, 0.3) is 0 Å². The summed E-state index contributed by atoms with van der Waals surface area (Å²) in [4.78, 5) is 16.2. The molecule has 4 rings (SSSR count). The fourth-order valence-electron chi connectivity index (χ4n) is 2.75. The minimum atomic E-state index is -0.224. The summed E-state index contributed by atoms with van der Waals surface area (Å²) < 4.78 is 16.2. The van der Waals surface area contributed by atoms with Crippen molar-refractivity contribution < 1.29 is 19.0 Å². The highest BCUT2D eigenvalue weighted by Gasteiger charge is 2.12. The van der Waals surface area contributed by atoms with Gasteiger partial charge in [-0.15, -0.1) is 0 Å². The molecule has 2 aromatic carbocycles. The van der Waals surface area contributed by atoms with E-state index < -0.39 is 0 Å². The summed E-state index contributed by atoms with van der Waals surface area (Å²) in [5, 5.41) is 3.77. The summed E-state index contributed by atoms with van der Waals surface area (Å²) >= 11 is 0. The molecule has 0 aliphatic carbocycles. The third kappa shape index (κ3) is 4.85. The van der Waals surface area contributed by atoms with Crippen LogP contribution >= 0.6 is 0 Å². The Hall–Kier alpha value is -3.98. The van der Waals surface area contributed by atoms with E-state index in [0.717, 1.165) is 16.5 Å². The van der Waals surface area contributed by atoms with Gasteiger partial charge in [0, 0.05) is 23.7 Å². The van der Waals surface area contributed by atoms with E-state index in [1.54, 1.807) is 12.3 Å². The highest BCUT2D eigenvalue weighted by Crippen LogP contribution is 2.32. The topological polar surface area (TPSA) is 69.7 Å². The number of ether oxygens (including phenoxy) is 3. The number of pyridine rings is 1. The van der Waals surface area contributed by atoms with Crippen LogP contribution in [0, 0.1) is 11.8 Å². The lowest BCUT2D eigenvalue weighted by atomic mass is 10.2. The molecule has 0 unspecified atom stereocenters. The number of carbonyl (C=O) groups excluding carboxylic acids is 1. The second kappa shape index (κ2) is 8.81. The average molecular weight is 386 g/mol. The number of carbonyl (C=O) groups is 1. The van der Waals surface area contributed by atoms with Crippen LogP contribution in [-0.4, -0.2) is 30.8 Å². The molecule has 144 valence electrons. The number of hydrogen-bond donors (Lipinski definition) is 1. The van der Waals surface area contributed by atoms with Crippen molar-refractivity contribution >= 4 is 22.9 Å². The first kappa shape index (κ1) is 18.4. The van der Waals surface area contributed by atoms with Gasteiger partial charge in [-0.1, -0.05) is 24.0 Å². The van der Waals surface area contributed by atoms with Crippen molar-refractivity contribution in [2.75, 3.05) is 19.9 Å². The minimum Gasteiger partial charge on any atom is -0.481 e. The van der Waals surface area contributed by atoms with Gasteiger partial charge in [-0.2, -0.15) is 0 Å². The zero-order valence-corrected chi connectivity index (χ0v) is 15.6. The van der Waals surface area contributed by atoms with Crippen molar-refractivity contribution in [2.24, 2.45) is 0 Å². The summed E-state index contributed by atoms with van der Waals surface area (Å²) in [6.07, 6.45) is 4.91. The van der Waals surface area contributed by atoms with Gasteiger partial charge in [0.2, 0.25) is 12.7 Å². The van der Waals surface area contributed by atoms with Crippen LogP contribution in [0.3, 0.4) is 0 Å². The van der Waals surface area contributed by atoms with Crippen LogP contribution in [0.2, 0.25) is 0 Å². The van der Waals surface area contributed by atoms with Crippen molar-refractivity contribution in [3.63, 3.8) is 0 Å². The van der Waals surface area contributed by atoms with Crippen LogP contribution in [0.25, 0.3) is 17.0 Å². The van der Waals surface area contributed by atoms with Gasteiger partial charge in [0.15, 0.2) is 11.5 Å². The summed E-state index contributed by atoms with van der Waals surface area (Å²) in [6.45, 7) is 0.706. The van der Waals surface area contributed by atoms with Crippen LogP contribution in [0.1, 0.15) is 5.56 Å². The number of rotatable bonds is 5. The number of nitrogens with one attached hydrogen (secondary N) is 1. The molecule has 0 saturated heterocycles. The standard InChI is InChI=1S/C23H18N2O4/c26-23(10-6-17-5-9-21-22(14-17)29-16-28-21)25-11-1-2-13-27-19-8-7-18-4-3-12-24-20(18)15-19/h3-10,12,14-15H,11,13,16H2,(H,25,26)/b10-6+. The highest BCUT2D eigenvalue weighted by molar-refractivity contribution is 5.92. The largest absolute Gasteiger partial charge is 0.481 e. The average Bonchev–Trinajstić information content (AvgIpc) is 3.22. The molecule has 0 atom stereocenters. The van der Waals surface area contributed by atoms with Crippen LogP contribution in [-0.2, 0) is 4.79 Å². The van der Waals surface area contributed by atoms with Gasteiger partial charge in [-0.3, -0.25) is 9.78 Å². The number of benzene rings is 2. The molecule has 1 amide bonds. The molecule has 0 fully saturated rings. The maximum Gasteiger partial charge on any atom is 0.244 e. The van der Waals surface area contributed by atoms with E-state index in [9.17, 15) is 4.79 Å². The Labute approximate surface area is 168 Å². The summed E-state index contributed by atoms with van der Waals surface area (Å²) in [7, 11) is 0. The maximum atomic E-state index is 11.9. The molecular weight excluding hydrogens is 368 g/mol. The van der Waals surface area contributed by atoms with Crippen LogP contribution < -0.4 is 19.5 Å². The van der Waals surface area contributed by atoms with E-state index in [2.05, 4.69) is 22.1 Å². The number of nitrogens with zero attached hydrogens (tertiary/aromatic N) is 1. The Morgan fingerprint density at radius 1 is 1.14 bits per heavy atom. The Balaban J connectivity index is 1.21. The van der Waals surface area contributed by atoms with E-state index in [-0.39, 0.29) is 25.9 Å². The third-order valence-electron chi connectivity index (χ3n) is 4.19. The van der Waals surface area contributed by atoms with E-state index in [4.69, 9.17) is 14.2 Å². The van der Waals surface area contributed by atoms with E-state index >= 15 is 0 Å². The molecule has 0 spiro atoms. The maximum absolute atomic E-state index is 11.9. The van der Waals surface area contributed by atoms with Gasteiger partial charge in [0.1, 0.15) is 12.4 Å². The van der Waals surface area contributed by atoms with Crippen LogP contribution in [0.5, 0.6) is 17.2 Å². The molecule has 0 bridgehead atoms. The minimum absolute atomic E-state index is 0.224. The molecule has 3 aromatic rings. The quantitative estimate of drug-likeness (QED) is 0.539. The second-order valence-electron chi connectivity index (χ2n) is 6.16. The van der Waals surface area contributed by atoms with Crippen LogP contribution in [0.4, 0.5) is 0 Å². The molecule has 2 heterocycles. The van der Waals surface area contributed by atoms with Gasteiger partial charge in [0.05, 0.1) is 12.1 Å². The zero-order chi connectivity index (χ0) is 19.9. The highest BCUT2D eigenvalue weighted by atomic mass is 16.7. The van der Waals surface area contributed by atoms with E-state index in [1.807, 2.05) is 48.5 Å². The monoisotopic (exact) mass is 386 g/mol. The Kier molecular flexibility index (Phi) is 5.58. The van der Waals surface area contributed by atoms with E-state index in [0.29, 0.717) is 17.2 Å². The zero-order valence-electron chi connectivity index (χ0n) is 15.6. The molecule has 6 heteroatoms. The summed E-state index contributed by atoms with van der Waals surface area (Å²) in [5.74, 6) is 7.62. The smallest absolute Gasteiger partial charge is 0.244 e. The lowest BCUT2D eigenvalue weighted by Gasteiger charge is -2.03. The lowest BCUT2D eigenvalue weighted by molar-refractivity contribution is -0.116. The molecule has 0 saturated carbocycles. The fourth-order valence-corrected chi connectivity index (χ4v) is 2.75. The number of aromatic nitrogens is 1. The van der Waals surface area contributed by atoms with Crippen molar-refractivity contribution in [2.45, 2.75) is 0 Å². The van der Waals surface area contributed by atoms with Crippen molar-refractivity contribution in [3.05, 3.63) is 66.4 Å². The Morgan fingerprint density at radius 2 is 2.07 bits per heavy atom. The summed E-state index contributed by atoms with van der Waals surface area (Å²) in [5.41, 5.74) is 1.73. The Bertz CT molecular complexity index is 1130. The predicted octanol–water partition coefficient (Wildman–Crippen LogP) is 3.18. The normalized spacial score (nSPS) is 11.9. The van der Waals surface area contributed by atoms with Crippen LogP contribution in [0.15, 0.2) is 60.8 Å². The molecule has 29 heavy (non-hydrogen) atoms. The molecule has 1 aliphatic rings. The van der Waals surface area contributed by atoms with Gasteiger partial charge in [-0.05, 0) is 42.0 Å². The Morgan fingerprint density at radius 3 is 3.03 bits per heavy atom. The molecule has 6 nitrogen and oxygen atoms in total. The third-order valence-corrected chi connectivity index (χ3v) is 4.19. The van der Waals surface area contributed by atoms with Gasteiger partial charge >= 0.3 is 0 Å². The second-order valence-corrected chi connectivity index (χ2v) is 6.16. The molecule has 1 N–H and O–H groups in total. The predicted molar refractivity (Wildman–Crippen MR) is 110 cm³/mol. The molecular formula is C23H18N2O4. The molecule has 1 aliphatic heterocycles. The molecule has 0 radical (unpaired) electrons. The van der Waals surface area contributed by atoms with Gasteiger partial charge < -0.3 is 19.5 Å². The first-order chi connectivity index (χ1) is 14.3. The van der Waals surface area contributed by atoms with Crippen molar-refractivity contribution in [1.29, 1.82) is 0 Å². The SMILES string of the molecule is O=C(/C=C/c1ccc2c(c1)OCO2)NCC#CCOc1ccc2cccnc2c1. The number of hydrogen-bond acceptors (Lipinski definition) is 5. The van der Waals surface area contributed by atoms with Gasteiger partial charge in [-0.25, -0.2) is 0 Å². The number of fused-ring (bicyclic) bond motifs is 2. The van der Waals surface area contributed by atoms with Crippen molar-refractivity contribution in [3.8, 4) is 29.1 Å². The lowest BCUT2D eigenvalue weighted by Crippen LogP contribution is -2.21. The first-order valence-electron chi connectivity index (χ1n) is 9.07. The van der Waals surface area contributed by atoms with E-state index in [1.165, 1.54) is 6.08 Å². The molecule has 1 aromatic heterocycles. The van der Waals surface area contributed by atoms with Crippen molar-refractivity contribution in [1.82, 2.24) is 10.3 Å². The first-order valence-corrected chi connectivity index (χ1v) is 9.07. The number of amides is 1. The summed E-state index contributed by atoms with van der Waals surface area (Å²) in [6, 6.07) is 15.1. The fraction of sp³-hybridized carbons (Fsp3) is 0.130.